The summed E-state index contributed by atoms with van der Waals surface area (Å²) in [7, 11) is 0. The highest BCUT2D eigenvalue weighted by Gasteiger charge is 2.01. The fourth-order valence-corrected chi connectivity index (χ4v) is 1.48. The lowest BCUT2D eigenvalue weighted by atomic mass is 10.2. The van der Waals surface area contributed by atoms with Crippen LogP contribution >= 0.6 is 0 Å². The first-order chi connectivity index (χ1) is 7.40. The molecule has 0 atom stereocenters. The van der Waals surface area contributed by atoms with Gasteiger partial charge in [-0.3, -0.25) is 0 Å². The normalized spacial score (nSPS) is 10.5. The lowest BCUT2D eigenvalue weighted by molar-refractivity contribution is 0.761. The van der Waals surface area contributed by atoms with E-state index in [1.54, 1.807) is 0 Å². The van der Waals surface area contributed by atoms with Crippen molar-refractivity contribution < 1.29 is 0 Å². The summed E-state index contributed by atoms with van der Waals surface area (Å²) in [5, 5.41) is 8.25. The Kier molecular flexibility index (Phi) is 3.12. The standard InChI is InChI=1S/C12H15N3/c1-2-3-7-11-10-15(14-13-11)12-8-5-4-6-9-12/h4-6,8-10H,2-3,7H2,1H3. The molecule has 1 heterocycles. The smallest absolute Gasteiger partial charge is 0.0831 e. The second kappa shape index (κ2) is 4.73. The maximum Gasteiger partial charge on any atom is 0.0831 e. The van der Waals surface area contributed by atoms with E-state index >= 15 is 0 Å². The minimum Gasteiger partial charge on any atom is -0.220 e. The van der Waals surface area contributed by atoms with E-state index in [0.29, 0.717) is 0 Å². The number of aromatic nitrogens is 3. The zero-order chi connectivity index (χ0) is 10.5. The van der Waals surface area contributed by atoms with Gasteiger partial charge in [-0.2, -0.15) is 0 Å². The quantitative estimate of drug-likeness (QED) is 0.761. The van der Waals surface area contributed by atoms with Crippen molar-refractivity contribution in [3.8, 4) is 5.69 Å². The van der Waals surface area contributed by atoms with Crippen molar-refractivity contribution >= 4 is 0 Å². The first-order valence-corrected chi connectivity index (χ1v) is 5.37. The fourth-order valence-electron chi connectivity index (χ4n) is 1.48. The van der Waals surface area contributed by atoms with E-state index in [4.69, 9.17) is 0 Å². The Labute approximate surface area is 89.7 Å². The molecule has 1 aromatic carbocycles. The molecule has 0 saturated carbocycles. The van der Waals surface area contributed by atoms with Gasteiger partial charge in [0.15, 0.2) is 0 Å². The van der Waals surface area contributed by atoms with Crippen LogP contribution in [-0.2, 0) is 6.42 Å². The zero-order valence-electron chi connectivity index (χ0n) is 8.93. The highest BCUT2D eigenvalue weighted by molar-refractivity contribution is 5.29. The van der Waals surface area contributed by atoms with Crippen LogP contribution in [0.25, 0.3) is 5.69 Å². The van der Waals surface area contributed by atoms with Gasteiger partial charge < -0.3 is 0 Å². The number of benzene rings is 1. The Bertz CT molecular complexity index is 406. The molecule has 15 heavy (non-hydrogen) atoms. The topological polar surface area (TPSA) is 30.7 Å². The van der Waals surface area contributed by atoms with Crippen LogP contribution in [0, 0.1) is 0 Å². The van der Waals surface area contributed by atoms with E-state index in [-0.39, 0.29) is 0 Å². The van der Waals surface area contributed by atoms with Gasteiger partial charge in [0.2, 0.25) is 0 Å². The summed E-state index contributed by atoms with van der Waals surface area (Å²) < 4.78 is 1.82. The number of rotatable bonds is 4. The lowest BCUT2D eigenvalue weighted by Crippen LogP contribution is -1.93. The minimum atomic E-state index is 1.02. The molecule has 0 unspecified atom stereocenters. The largest absolute Gasteiger partial charge is 0.220 e. The minimum absolute atomic E-state index is 1.02. The number of aryl methyl sites for hydroxylation is 1. The molecule has 78 valence electrons. The van der Waals surface area contributed by atoms with E-state index in [1.165, 1.54) is 12.8 Å². The summed E-state index contributed by atoms with van der Waals surface area (Å²) in [6.07, 6.45) is 5.39. The molecule has 2 rings (SSSR count). The summed E-state index contributed by atoms with van der Waals surface area (Å²) in [4.78, 5) is 0. The van der Waals surface area contributed by atoms with Gasteiger partial charge in [0.1, 0.15) is 0 Å². The molecule has 0 spiro atoms. The third-order valence-electron chi connectivity index (χ3n) is 2.35. The van der Waals surface area contributed by atoms with Crippen LogP contribution in [0.4, 0.5) is 0 Å². The summed E-state index contributed by atoms with van der Waals surface area (Å²) in [5.74, 6) is 0. The maximum atomic E-state index is 4.14. The number of unbranched alkanes of at least 4 members (excludes halogenated alkanes) is 1. The first kappa shape index (κ1) is 9.90. The molecule has 0 aliphatic heterocycles. The molecule has 0 amide bonds. The van der Waals surface area contributed by atoms with E-state index in [0.717, 1.165) is 17.8 Å². The molecular formula is C12H15N3. The molecule has 2 aromatic rings. The van der Waals surface area contributed by atoms with Crippen LogP contribution in [-0.4, -0.2) is 15.0 Å². The predicted octanol–water partition coefficient (Wildman–Crippen LogP) is 2.61. The molecule has 0 fully saturated rings. The molecular weight excluding hydrogens is 186 g/mol. The Hall–Kier alpha value is -1.64. The molecule has 0 saturated heterocycles. The van der Waals surface area contributed by atoms with Crippen molar-refractivity contribution in [1.82, 2.24) is 15.0 Å². The Morgan fingerprint density at radius 2 is 2.00 bits per heavy atom. The van der Waals surface area contributed by atoms with Gasteiger partial charge >= 0.3 is 0 Å². The number of hydrogen-bond acceptors (Lipinski definition) is 2. The summed E-state index contributed by atoms with van der Waals surface area (Å²) in [6, 6.07) is 10.1. The van der Waals surface area contributed by atoms with Crippen molar-refractivity contribution in [3.05, 3.63) is 42.2 Å². The van der Waals surface area contributed by atoms with Crippen molar-refractivity contribution in [3.63, 3.8) is 0 Å². The highest BCUT2D eigenvalue weighted by Crippen LogP contribution is 2.07. The second-order valence-corrected chi connectivity index (χ2v) is 3.59. The summed E-state index contributed by atoms with van der Waals surface area (Å²) in [6.45, 7) is 2.18. The average Bonchev–Trinajstić information content (AvgIpc) is 2.76. The van der Waals surface area contributed by atoms with E-state index in [9.17, 15) is 0 Å². The molecule has 3 heteroatoms. The SMILES string of the molecule is CCCCc1cn(-c2ccccc2)nn1. The van der Waals surface area contributed by atoms with Crippen LogP contribution in [0.3, 0.4) is 0 Å². The van der Waals surface area contributed by atoms with Crippen molar-refractivity contribution in [2.45, 2.75) is 26.2 Å². The molecule has 0 aliphatic rings. The van der Waals surface area contributed by atoms with Gasteiger partial charge in [0, 0.05) is 0 Å². The number of hydrogen-bond donors (Lipinski definition) is 0. The van der Waals surface area contributed by atoms with Gasteiger partial charge in [-0.25, -0.2) is 4.68 Å². The van der Waals surface area contributed by atoms with Crippen LogP contribution in [0.5, 0.6) is 0 Å². The van der Waals surface area contributed by atoms with Crippen molar-refractivity contribution in [2.24, 2.45) is 0 Å². The Morgan fingerprint density at radius 1 is 1.20 bits per heavy atom. The van der Waals surface area contributed by atoms with Gasteiger partial charge in [0.25, 0.3) is 0 Å². The predicted molar refractivity (Wildman–Crippen MR) is 60.0 cm³/mol. The number of para-hydroxylation sites is 1. The van der Waals surface area contributed by atoms with Crippen LogP contribution in [0.15, 0.2) is 36.5 Å². The van der Waals surface area contributed by atoms with Crippen LogP contribution in [0.2, 0.25) is 0 Å². The molecule has 0 bridgehead atoms. The average molecular weight is 201 g/mol. The van der Waals surface area contributed by atoms with Crippen molar-refractivity contribution in [1.29, 1.82) is 0 Å². The monoisotopic (exact) mass is 201 g/mol. The van der Waals surface area contributed by atoms with E-state index in [2.05, 4.69) is 17.2 Å². The molecule has 0 N–H and O–H groups in total. The van der Waals surface area contributed by atoms with Gasteiger partial charge in [-0.1, -0.05) is 36.8 Å². The summed E-state index contributed by atoms with van der Waals surface area (Å²) >= 11 is 0. The van der Waals surface area contributed by atoms with Crippen LogP contribution < -0.4 is 0 Å². The lowest BCUT2D eigenvalue weighted by Gasteiger charge is -1.97. The van der Waals surface area contributed by atoms with Gasteiger partial charge in [0.05, 0.1) is 17.6 Å². The Balaban J connectivity index is 2.14. The highest BCUT2D eigenvalue weighted by atomic mass is 15.4. The molecule has 0 radical (unpaired) electrons. The van der Waals surface area contributed by atoms with Gasteiger partial charge in [-0.05, 0) is 25.0 Å². The Morgan fingerprint density at radius 3 is 2.73 bits per heavy atom. The van der Waals surface area contributed by atoms with E-state index in [1.807, 2.05) is 41.2 Å². The first-order valence-electron chi connectivity index (χ1n) is 5.37. The molecule has 0 aliphatic carbocycles. The van der Waals surface area contributed by atoms with E-state index < -0.39 is 0 Å². The van der Waals surface area contributed by atoms with Crippen LogP contribution in [0.1, 0.15) is 25.5 Å². The zero-order valence-corrected chi connectivity index (χ0v) is 8.93. The second-order valence-electron chi connectivity index (χ2n) is 3.59. The number of nitrogens with zero attached hydrogens (tertiary/aromatic N) is 3. The molecule has 1 aromatic heterocycles. The third kappa shape index (κ3) is 2.43. The molecule has 3 nitrogen and oxygen atoms in total. The third-order valence-corrected chi connectivity index (χ3v) is 2.35. The maximum absolute atomic E-state index is 4.14. The van der Waals surface area contributed by atoms with Crippen molar-refractivity contribution in [2.75, 3.05) is 0 Å². The van der Waals surface area contributed by atoms with Gasteiger partial charge in [-0.15, -0.1) is 5.10 Å². The fraction of sp³-hybridized carbons (Fsp3) is 0.333. The summed E-state index contributed by atoms with van der Waals surface area (Å²) in [5.41, 5.74) is 2.13.